The van der Waals surface area contributed by atoms with E-state index in [9.17, 15) is 21.6 Å². The van der Waals surface area contributed by atoms with Crippen LogP contribution in [0.1, 0.15) is 35.4 Å². The molecule has 0 saturated heterocycles. The second-order valence-corrected chi connectivity index (χ2v) is 11.5. The Kier molecular flexibility index (Phi) is 6.53. The van der Waals surface area contributed by atoms with Crippen LogP contribution >= 0.6 is 0 Å². The van der Waals surface area contributed by atoms with E-state index < -0.39 is 21.7 Å². The number of hydrogen-bond donors (Lipinski definition) is 1. The van der Waals surface area contributed by atoms with Crippen LogP contribution < -0.4 is 5.32 Å². The molecule has 0 bridgehead atoms. The van der Waals surface area contributed by atoms with Gasteiger partial charge in [-0.05, 0) is 49.7 Å². The molecule has 4 aromatic rings. The lowest BCUT2D eigenvalue weighted by Crippen LogP contribution is -2.10. The van der Waals surface area contributed by atoms with Crippen molar-refractivity contribution in [3.05, 3.63) is 77.1 Å². The second kappa shape index (κ2) is 9.60. The third-order valence-electron chi connectivity index (χ3n) is 6.50. The van der Waals surface area contributed by atoms with Gasteiger partial charge >= 0.3 is 6.18 Å². The Morgan fingerprint density at radius 1 is 1.03 bits per heavy atom. The van der Waals surface area contributed by atoms with Crippen LogP contribution in [0, 0.1) is 6.92 Å². The lowest BCUT2D eigenvalue weighted by Gasteiger charge is -2.16. The normalized spacial score (nSPS) is 13.4. The minimum atomic E-state index is -4.55. The molecule has 3 aromatic heterocycles. The quantitative estimate of drug-likeness (QED) is 0.333. The summed E-state index contributed by atoms with van der Waals surface area (Å²) in [5.74, 6) is 0. The second-order valence-electron chi connectivity index (χ2n) is 9.54. The van der Waals surface area contributed by atoms with E-state index in [0.29, 0.717) is 40.4 Å². The summed E-state index contributed by atoms with van der Waals surface area (Å²) in [7, 11) is -1.84. The standard InChI is InChI=1S/C27H25F3N6O2S/c1-15-10-22-26(32-15)23(13-19(33-22)12-18-6-5-7-25(34-18)27(28,29)30)35-21-9-8-17(11-24(21)39(4,37)38)20-14-31-36(3)16(20)2/h5-9,11,13-14H,10,12H2,1-4H3,(H,33,35). The van der Waals surface area contributed by atoms with Crippen molar-refractivity contribution in [3.63, 3.8) is 0 Å². The highest BCUT2D eigenvalue weighted by Gasteiger charge is 2.32. The topological polar surface area (TPSA) is 102 Å². The maximum Gasteiger partial charge on any atom is 0.433 e. The number of sulfone groups is 1. The summed E-state index contributed by atoms with van der Waals surface area (Å²) in [4.78, 5) is 13.1. The fourth-order valence-electron chi connectivity index (χ4n) is 4.50. The zero-order valence-electron chi connectivity index (χ0n) is 21.6. The van der Waals surface area contributed by atoms with E-state index in [4.69, 9.17) is 0 Å². The number of anilines is 2. The molecule has 1 aliphatic rings. The first-order valence-corrected chi connectivity index (χ1v) is 13.9. The molecule has 0 spiro atoms. The van der Waals surface area contributed by atoms with Gasteiger partial charge in [0.15, 0.2) is 9.84 Å². The molecule has 39 heavy (non-hydrogen) atoms. The molecule has 0 aliphatic carbocycles. The summed E-state index contributed by atoms with van der Waals surface area (Å²) in [6, 6.07) is 10.5. The Bertz CT molecular complexity index is 1740. The van der Waals surface area contributed by atoms with Gasteiger partial charge in [0.2, 0.25) is 0 Å². The SMILES string of the molecule is CC1=Nc2c(Nc3ccc(-c4cnn(C)c4C)cc3S(C)(=O)=O)cc(Cc3cccc(C(F)(F)F)n3)nc2C1. The number of hydrogen-bond acceptors (Lipinski definition) is 7. The summed E-state index contributed by atoms with van der Waals surface area (Å²) < 4.78 is 66.9. The highest BCUT2D eigenvalue weighted by atomic mass is 32.2. The molecule has 202 valence electrons. The molecule has 0 radical (unpaired) electrons. The van der Waals surface area contributed by atoms with E-state index in [0.717, 1.165) is 29.3 Å². The first-order valence-electron chi connectivity index (χ1n) is 12.0. The van der Waals surface area contributed by atoms with Gasteiger partial charge in [-0.15, -0.1) is 0 Å². The number of aromatic nitrogens is 4. The lowest BCUT2D eigenvalue weighted by atomic mass is 10.1. The third-order valence-corrected chi connectivity index (χ3v) is 7.64. The highest BCUT2D eigenvalue weighted by Crippen LogP contribution is 2.39. The van der Waals surface area contributed by atoms with Crippen molar-refractivity contribution in [3.8, 4) is 11.1 Å². The van der Waals surface area contributed by atoms with Crippen LogP contribution in [0.5, 0.6) is 0 Å². The Balaban J connectivity index is 1.55. The van der Waals surface area contributed by atoms with E-state index in [1.807, 2.05) is 27.0 Å². The number of pyridine rings is 2. The molecule has 0 fully saturated rings. The van der Waals surface area contributed by atoms with E-state index in [1.54, 1.807) is 29.1 Å². The number of nitrogens with one attached hydrogen (secondary N) is 1. The number of alkyl halides is 3. The Morgan fingerprint density at radius 3 is 2.46 bits per heavy atom. The van der Waals surface area contributed by atoms with Gasteiger partial charge in [0.05, 0.1) is 28.2 Å². The van der Waals surface area contributed by atoms with Gasteiger partial charge in [-0.2, -0.15) is 18.3 Å². The zero-order valence-corrected chi connectivity index (χ0v) is 22.4. The Morgan fingerprint density at radius 2 is 1.79 bits per heavy atom. The largest absolute Gasteiger partial charge is 0.433 e. The Hall–Kier alpha value is -4.06. The number of benzene rings is 1. The molecule has 1 aromatic carbocycles. The smallest absolute Gasteiger partial charge is 0.353 e. The van der Waals surface area contributed by atoms with Crippen molar-refractivity contribution in [1.29, 1.82) is 0 Å². The molecule has 8 nitrogen and oxygen atoms in total. The van der Waals surface area contributed by atoms with E-state index in [1.165, 1.54) is 12.1 Å². The van der Waals surface area contributed by atoms with Crippen molar-refractivity contribution in [2.24, 2.45) is 12.0 Å². The molecular weight excluding hydrogens is 529 g/mol. The summed E-state index contributed by atoms with van der Waals surface area (Å²) >= 11 is 0. The van der Waals surface area contributed by atoms with Gasteiger partial charge in [0.25, 0.3) is 0 Å². The third kappa shape index (κ3) is 5.42. The van der Waals surface area contributed by atoms with Crippen LogP contribution in [0.25, 0.3) is 11.1 Å². The Labute approximate surface area is 223 Å². The molecule has 1 aliphatic heterocycles. The van der Waals surface area contributed by atoms with E-state index >= 15 is 0 Å². The molecule has 0 atom stereocenters. The first kappa shape index (κ1) is 26.5. The van der Waals surface area contributed by atoms with Gasteiger partial charge in [0.1, 0.15) is 11.4 Å². The number of aliphatic imine (C=N–C) groups is 1. The average Bonchev–Trinajstić information content (AvgIpc) is 3.39. The van der Waals surface area contributed by atoms with E-state index in [-0.39, 0.29) is 17.0 Å². The summed E-state index contributed by atoms with van der Waals surface area (Å²) in [5.41, 5.74) is 5.03. The average molecular weight is 555 g/mol. The number of fused-ring (bicyclic) bond motifs is 1. The van der Waals surface area contributed by atoms with Crippen LogP contribution in [-0.4, -0.2) is 40.1 Å². The molecule has 0 amide bonds. The number of rotatable bonds is 6. The first-order chi connectivity index (χ1) is 18.3. The van der Waals surface area contributed by atoms with Crippen LogP contribution in [0.15, 0.2) is 58.5 Å². The van der Waals surface area contributed by atoms with Gasteiger partial charge < -0.3 is 5.32 Å². The van der Waals surface area contributed by atoms with Crippen LogP contribution in [0.3, 0.4) is 0 Å². The molecule has 12 heteroatoms. The summed E-state index contributed by atoms with van der Waals surface area (Å²) in [5, 5.41) is 7.46. The molecule has 0 saturated carbocycles. The maximum atomic E-state index is 13.2. The van der Waals surface area contributed by atoms with Gasteiger partial charge in [-0.3, -0.25) is 14.7 Å². The number of nitrogens with zero attached hydrogens (tertiary/aromatic N) is 5. The predicted octanol–water partition coefficient (Wildman–Crippen LogP) is 5.59. The van der Waals surface area contributed by atoms with Crippen molar-refractivity contribution in [2.45, 2.75) is 37.8 Å². The summed E-state index contributed by atoms with van der Waals surface area (Å²) in [6.07, 6.45) is -1.20. The van der Waals surface area contributed by atoms with Crippen LogP contribution in [0.2, 0.25) is 0 Å². The fraction of sp³-hybridized carbons (Fsp3) is 0.259. The molecule has 0 unspecified atom stereocenters. The van der Waals surface area contributed by atoms with E-state index in [2.05, 4.69) is 25.4 Å². The number of aryl methyl sites for hydroxylation is 1. The minimum Gasteiger partial charge on any atom is -0.353 e. The fourth-order valence-corrected chi connectivity index (χ4v) is 5.36. The minimum absolute atomic E-state index is 0.0586. The highest BCUT2D eigenvalue weighted by molar-refractivity contribution is 7.90. The monoisotopic (exact) mass is 554 g/mol. The molecule has 1 N–H and O–H groups in total. The lowest BCUT2D eigenvalue weighted by molar-refractivity contribution is -0.141. The van der Waals surface area contributed by atoms with Crippen molar-refractivity contribution in [1.82, 2.24) is 19.7 Å². The molecule has 4 heterocycles. The molecule has 5 rings (SSSR count). The van der Waals surface area contributed by atoms with Gasteiger partial charge in [0, 0.05) is 54.5 Å². The predicted molar refractivity (Wildman–Crippen MR) is 143 cm³/mol. The summed E-state index contributed by atoms with van der Waals surface area (Å²) in [6.45, 7) is 3.75. The van der Waals surface area contributed by atoms with Gasteiger partial charge in [-0.25, -0.2) is 13.4 Å². The van der Waals surface area contributed by atoms with Crippen molar-refractivity contribution in [2.75, 3.05) is 11.6 Å². The van der Waals surface area contributed by atoms with Crippen molar-refractivity contribution < 1.29 is 21.6 Å². The molecular formula is C27H25F3N6O2S. The number of halogens is 3. The zero-order chi connectivity index (χ0) is 28.1. The van der Waals surface area contributed by atoms with Crippen LogP contribution in [0.4, 0.5) is 30.2 Å². The van der Waals surface area contributed by atoms with Crippen molar-refractivity contribution >= 4 is 32.6 Å². The maximum absolute atomic E-state index is 13.2. The van der Waals surface area contributed by atoms with Gasteiger partial charge in [-0.1, -0.05) is 12.1 Å². The van der Waals surface area contributed by atoms with Crippen LogP contribution in [-0.2, 0) is 35.9 Å².